The number of rotatable bonds is 7. The number of ether oxygens (including phenoxy) is 1. The predicted octanol–water partition coefficient (Wildman–Crippen LogP) is 1.96. The van der Waals surface area contributed by atoms with Crippen molar-refractivity contribution in [3.05, 3.63) is 75.1 Å². The van der Waals surface area contributed by atoms with E-state index in [1.165, 1.54) is 6.92 Å². The molecular weight excluding hydrogens is 398 g/mol. The second-order valence-electron chi connectivity index (χ2n) is 7.53. The molecule has 0 radical (unpaired) electrons. The molecule has 7 nitrogen and oxygen atoms in total. The summed E-state index contributed by atoms with van der Waals surface area (Å²) in [5.74, 6) is -1.60. The molecule has 1 N–H and O–H groups in total. The molecule has 0 aliphatic heterocycles. The Hall–Kier alpha value is -3.61. The Morgan fingerprint density at radius 1 is 1.03 bits per heavy atom. The zero-order valence-corrected chi connectivity index (χ0v) is 17.9. The van der Waals surface area contributed by atoms with Crippen molar-refractivity contribution in [3.63, 3.8) is 0 Å². The number of nitrogens with one attached hydrogen (secondary N) is 1. The number of benzene rings is 2. The summed E-state index contributed by atoms with van der Waals surface area (Å²) < 4.78 is 11.2. The van der Waals surface area contributed by atoms with Gasteiger partial charge in [-0.3, -0.25) is 4.79 Å². The Bertz CT molecular complexity index is 1180. The molecule has 162 valence electrons. The standard InChI is InChI=1S/C24H25NO6/c1-13-14(2)24(29)31-21-15(3)20(11-10-18(13)21)30-16(4)22(26)25-19(23(27)28)12-17-8-6-5-7-9-17/h5-11,16,19H,12H2,1-4H3,(H,25,26)(H,27,28)/p-1/t16-,19+/m1/s1. The Balaban J connectivity index is 1.77. The van der Waals surface area contributed by atoms with E-state index in [9.17, 15) is 19.5 Å². The smallest absolute Gasteiger partial charge is 0.339 e. The van der Waals surface area contributed by atoms with Gasteiger partial charge < -0.3 is 24.4 Å². The minimum Gasteiger partial charge on any atom is -0.548 e. The SMILES string of the molecule is Cc1c(C)c2ccc(O[C@H](C)C(=O)N[C@@H](Cc3ccccc3)C(=O)[O-])c(C)c2oc1=O. The molecule has 0 fully saturated rings. The first-order valence-corrected chi connectivity index (χ1v) is 9.94. The topological polar surface area (TPSA) is 109 Å². The maximum Gasteiger partial charge on any atom is 0.339 e. The van der Waals surface area contributed by atoms with Gasteiger partial charge in [0.2, 0.25) is 0 Å². The Morgan fingerprint density at radius 3 is 2.35 bits per heavy atom. The van der Waals surface area contributed by atoms with Crippen molar-refractivity contribution in [2.75, 3.05) is 0 Å². The van der Waals surface area contributed by atoms with Gasteiger partial charge in [-0.25, -0.2) is 4.79 Å². The number of carbonyl (C=O) groups excluding carboxylic acids is 2. The van der Waals surface area contributed by atoms with Crippen LogP contribution in [0.2, 0.25) is 0 Å². The molecule has 0 aliphatic rings. The molecule has 0 saturated heterocycles. The summed E-state index contributed by atoms with van der Waals surface area (Å²) in [5, 5.41) is 14.8. The molecule has 0 saturated carbocycles. The third-order valence-electron chi connectivity index (χ3n) is 5.38. The van der Waals surface area contributed by atoms with Crippen molar-refractivity contribution < 1.29 is 23.8 Å². The van der Waals surface area contributed by atoms with Gasteiger partial charge in [0.25, 0.3) is 5.91 Å². The van der Waals surface area contributed by atoms with Crippen molar-refractivity contribution >= 4 is 22.8 Å². The zero-order valence-electron chi connectivity index (χ0n) is 17.9. The fraction of sp³-hybridized carbons (Fsp3) is 0.292. The second-order valence-corrected chi connectivity index (χ2v) is 7.53. The van der Waals surface area contributed by atoms with Crippen LogP contribution in [0.15, 0.2) is 51.7 Å². The lowest BCUT2D eigenvalue weighted by Crippen LogP contribution is -2.52. The summed E-state index contributed by atoms with van der Waals surface area (Å²) in [6.45, 7) is 6.80. The predicted molar refractivity (Wildman–Crippen MR) is 114 cm³/mol. The molecule has 2 aromatic carbocycles. The molecule has 1 heterocycles. The molecule has 3 rings (SSSR count). The average Bonchev–Trinajstić information content (AvgIpc) is 2.74. The number of carboxylic acid groups (broad SMARTS) is 1. The first-order chi connectivity index (χ1) is 14.7. The van der Waals surface area contributed by atoms with Crippen LogP contribution in [0.4, 0.5) is 0 Å². The van der Waals surface area contributed by atoms with Crippen molar-refractivity contribution in [3.8, 4) is 5.75 Å². The molecule has 0 spiro atoms. The summed E-state index contributed by atoms with van der Waals surface area (Å²) in [5.41, 5.74) is 2.68. The first-order valence-electron chi connectivity index (χ1n) is 9.94. The van der Waals surface area contributed by atoms with E-state index >= 15 is 0 Å². The van der Waals surface area contributed by atoms with E-state index in [1.54, 1.807) is 50.2 Å². The van der Waals surface area contributed by atoms with E-state index < -0.39 is 29.6 Å². The number of hydrogen-bond donors (Lipinski definition) is 1. The van der Waals surface area contributed by atoms with Gasteiger partial charge in [-0.05, 0) is 57.4 Å². The van der Waals surface area contributed by atoms with Crippen molar-refractivity contribution in [2.45, 2.75) is 46.3 Å². The highest BCUT2D eigenvalue weighted by Gasteiger charge is 2.22. The lowest BCUT2D eigenvalue weighted by molar-refractivity contribution is -0.308. The maximum absolute atomic E-state index is 12.6. The first kappa shape index (κ1) is 22.1. The lowest BCUT2D eigenvalue weighted by atomic mass is 10.0. The summed E-state index contributed by atoms with van der Waals surface area (Å²) >= 11 is 0. The third-order valence-corrected chi connectivity index (χ3v) is 5.38. The van der Waals surface area contributed by atoms with Crippen LogP contribution in [-0.2, 0) is 16.0 Å². The van der Waals surface area contributed by atoms with E-state index in [0.29, 0.717) is 22.5 Å². The van der Waals surface area contributed by atoms with Crippen LogP contribution in [0.5, 0.6) is 5.75 Å². The molecule has 7 heteroatoms. The van der Waals surface area contributed by atoms with Crippen LogP contribution in [0.3, 0.4) is 0 Å². The number of aryl methyl sites for hydroxylation is 2. The van der Waals surface area contributed by atoms with E-state index in [2.05, 4.69) is 5.32 Å². The number of amides is 1. The van der Waals surface area contributed by atoms with Crippen molar-refractivity contribution in [1.82, 2.24) is 5.32 Å². The molecule has 1 amide bonds. The molecule has 31 heavy (non-hydrogen) atoms. The fourth-order valence-corrected chi connectivity index (χ4v) is 3.33. The van der Waals surface area contributed by atoms with Gasteiger partial charge >= 0.3 is 5.63 Å². The van der Waals surface area contributed by atoms with Gasteiger partial charge in [0.1, 0.15) is 11.3 Å². The minimum atomic E-state index is -1.38. The third kappa shape index (κ3) is 4.77. The largest absolute Gasteiger partial charge is 0.548 e. The van der Waals surface area contributed by atoms with Gasteiger partial charge in [0.15, 0.2) is 6.10 Å². The average molecular weight is 422 g/mol. The van der Waals surface area contributed by atoms with E-state index in [-0.39, 0.29) is 6.42 Å². The van der Waals surface area contributed by atoms with E-state index in [1.807, 2.05) is 13.0 Å². The Morgan fingerprint density at radius 2 is 1.71 bits per heavy atom. The summed E-state index contributed by atoms with van der Waals surface area (Å²) in [4.78, 5) is 36.1. The van der Waals surface area contributed by atoms with Crippen LogP contribution in [0.1, 0.15) is 29.2 Å². The molecule has 0 aliphatic carbocycles. The van der Waals surface area contributed by atoms with E-state index in [0.717, 1.165) is 16.5 Å². The Labute approximate surface area is 179 Å². The van der Waals surface area contributed by atoms with Crippen LogP contribution < -0.4 is 20.8 Å². The molecule has 0 unspecified atom stereocenters. The number of carbonyl (C=O) groups is 2. The quantitative estimate of drug-likeness (QED) is 0.583. The highest BCUT2D eigenvalue weighted by molar-refractivity contribution is 5.87. The number of aliphatic carboxylic acids is 1. The molecule has 3 aromatic rings. The van der Waals surface area contributed by atoms with Crippen molar-refractivity contribution in [2.24, 2.45) is 0 Å². The zero-order chi connectivity index (χ0) is 22.7. The monoisotopic (exact) mass is 422 g/mol. The van der Waals surface area contributed by atoms with Gasteiger partial charge in [-0.2, -0.15) is 0 Å². The van der Waals surface area contributed by atoms with Gasteiger partial charge in [-0.15, -0.1) is 0 Å². The Kier molecular flexibility index (Phi) is 6.44. The highest BCUT2D eigenvalue weighted by atomic mass is 16.5. The molecule has 0 bridgehead atoms. The summed E-state index contributed by atoms with van der Waals surface area (Å²) in [7, 11) is 0. The van der Waals surface area contributed by atoms with Crippen molar-refractivity contribution in [1.29, 1.82) is 0 Å². The molecular formula is C24H24NO6-. The van der Waals surface area contributed by atoms with Crippen LogP contribution in [0.25, 0.3) is 11.0 Å². The summed E-state index contributed by atoms with van der Waals surface area (Å²) in [6, 6.07) is 11.2. The molecule has 1 aromatic heterocycles. The summed E-state index contributed by atoms with van der Waals surface area (Å²) in [6.07, 6.45) is -0.882. The number of carboxylic acids is 1. The minimum absolute atomic E-state index is 0.0976. The van der Waals surface area contributed by atoms with Crippen LogP contribution in [-0.4, -0.2) is 24.0 Å². The highest BCUT2D eigenvalue weighted by Crippen LogP contribution is 2.29. The maximum atomic E-state index is 12.6. The number of fused-ring (bicyclic) bond motifs is 1. The molecule has 2 atom stereocenters. The number of hydrogen-bond acceptors (Lipinski definition) is 6. The lowest BCUT2D eigenvalue weighted by Gasteiger charge is -2.23. The normalized spacial score (nSPS) is 12.9. The van der Waals surface area contributed by atoms with Gasteiger partial charge in [-0.1, -0.05) is 30.3 Å². The van der Waals surface area contributed by atoms with Crippen LogP contribution in [0, 0.1) is 20.8 Å². The fourth-order valence-electron chi connectivity index (χ4n) is 3.33. The van der Waals surface area contributed by atoms with Crippen LogP contribution >= 0.6 is 0 Å². The van der Waals surface area contributed by atoms with Gasteiger partial charge in [0.05, 0.1) is 12.0 Å². The second kappa shape index (κ2) is 9.04. The van der Waals surface area contributed by atoms with E-state index in [4.69, 9.17) is 9.15 Å². The van der Waals surface area contributed by atoms with Gasteiger partial charge in [0, 0.05) is 16.5 Å².